The zero-order valence-corrected chi connectivity index (χ0v) is 9.61. The maximum atomic E-state index is 5.72. The molecule has 3 rings (SSSR count). The van der Waals surface area contributed by atoms with Gasteiger partial charge in [-0.2, -0.15) is 0 Å². The van der Waals surface area contributed by atoms with Crippen molar-refractivity contribution in [1.82, 2.24) is 9.55 Å². The Morgan fingerprint density at radius 3 is 3.00 bits per heavy atom. The fourth-order valence-electron chi connectivity index (χ4n) is 2.72. The minimum absolute atomic E-state index is 0.358. The number of hydrogen-bond donors (Lipinski definition) is 1. The number of pyridine rings is 1. The summed E-state index contributed by atoms with van der Waals surface area (Å²) in [6, 6.07) is 4.19. The van der Waals surface area contributed by atoms with E-state index in [0.717, 1.165) is 18.6 Å². The Morgan fingerprint density at radius 2 is 2.31 bits per heavy atom. The monoisotopic (exact) mass is 215 g/mol. The lowest BCUT2D eigenvalue weighted by atomic mass is 9.93. The number of aromatic nitrogens is 2. The fourth-order valence-corrected chi connectivity index (χ4v) is 2.72. The van der Waals surface area contributed by atoms with Gasteiger partial charge in [-0.3, -0.25) is 0 Å². The van der Waals surface area contributed by atoms with E-state index in [4.69, 9.17) is 5.73 Å². The highest BCUT2D eigenvalue weighted by molar-refractivity contribution is 5.82. The summed E-state index contributed by atoms with van der Waals surface area (Å²) in [5, 5.41) is 1.30. The molecular formula is C13H17N3. The Kier molecular flexibility index (Phi) is 2.04. The summed E-state index contributed by atoms with van der Waals surface area (Å²) in [6.07, 6.45) is 7.74. The van der Waals surface area contributed by atoms with Crippen LogP contribution in [-0.4, -0.2) is 16.1 Å². The predicted octanol–water partition coefficient (Wildman–Crippen LogP) is 1.95. The quantitative estimate of drug-likeness (QED) is 0.850. The van der Waals surface area contributed by atoms with Crippen molar-refractivity contribution >= 4 is 11.0 Å². The van der Waals surface area contributed by atoms with Gasteiger partial charge in [0.15, 0.2) is 0 Å². The van der Waals surface area contributed by atoms with Crippen LogP contribution in [0.5, 0.6) is 0 Å². The van der Waals surface area contributed by atoms with Crippen LogP contribution in [0.25, 0.3) is 11.0 Å². The minimum atomic E-state index is 0.358. The van der Waals surface area contributed by atoms with Crippen molar-refractivity contribution in [2.24, 2.45) is 12.8 Å². The van der Waals surface area contributed by atoms with Gasteiger partial charge in [0.2, 0.25) is 0 Å². The number of fused-ring (bicyclic) bond motifs is 1. The van der Waals surface area contributed by atoms with E-state index in [2.05, 4.69) is 28.9 Å². The van der Waals surface area contributed by atoms with Gasteiger partial charge in [0, 0.05) is 24.8 Å². The third-order valence-electron chi connectivity index (χ3n) is 3.78. The predicted molar refractivity (Wildman–Crippen MR) is 65.3 cm³/mol. The summed E-state index contributed by atoms with van der Waals surface area (Å²) < 4.78 is 2.13. The molecule has 2 heterocycles. The van der Waals surface area contributed by atoms with Crippen LogP contribution in [0.2, 0.25) is 0 Å². The fraction of sp³-hybridized carbons (Fsp3) is 0.462. The molecule has 2 aromatic rings. The zero-order chi connectivity index (χ0) is 11.2. The molecule has 1 aliphatic rings. The highest BCUT2D eigenvalue weighted by Crippen LogP contribution is 2.52. The smallest absolute Gasteiger partial charge is 0.139 e. The maximum Gasteiger partial charge on any atom is 0.139 e. The molecule has 16 heavy (non-hydrogen) atoms. The van der Waals surface area contributed by atoms with Crippen LogP contribution in [0, 0.1) is 0 Å². The van der Waals surface area contributed by atoms with Gasteiger partial charge in [-0.05, 0) is 48.9 Å². The lowest BCUT2D eigenvalue weighted by Gasteiger charge is -2.12. The largest absolute Gasteiger partial charge is 0.335 e. The van der Waals surface area contributed by atoms with Gasteiger partial charge in [-0.15, -0.1) is 0 Å². The van der Waals surface area contributed by atoms with Crippen LogP contribution in [0.15, 0.2) is 24.5 Å². The van der Waals surface area contributed by atoms with Crippen LogP contribution in [-0.2, 0) is 12.5 Å². The second-order valence-electron chi connectivity index (χ2n) is 4.85. The molecule has 0 amide bonds. The Hall–Kier alpha value is -1.35. The molecule has 0 aromatic carbocycles. The SMILES string of the molecule is Cn1cc(C2(CCN)CC2)c2cccnc21. The van der Waals surface area contributed by atoms with E-state index in [1.165, 1.54) is 23.8 Å². The first-order valence-electron chi connectivity index (χ1n) is 5.87. The normalized spacial score (nSPS) is 17.9. The number of nitrogens with two attached hydrogens (primary N) is 1. The zero-order valence-electron chi connectivity index (χ0n) is 9.61. The summed E-state index contributed by atoms with van der Waals surface area (Å²) >= 11 is 0. The van der Waals surface area contributed by atoms with Gasteiger partial charge in [0.05, 0.1) is 0 Å². The number of nitrogens with zero attached hydrogens (tertiary/aromatic N) is 2. The topological polar surface area (TPSA) is 43.8 Å². The molecule has 1 aliphatic carbocycles. The van der Waals surface area contributed by atoms with E-state index in [-0.39, 0.29) is 0 Å². The Labute approximate surface area is 95.3 Å². The standard InChI is InChI=1S/C13H17N3/c1-16-9-11(13(4-5-13)6-7-14)10-3-2-8-15-12(10)16/h2-3,8-9H,4-7,14H2,1H3. The average Bonchev–Trinajstić information content (AvgIpc) is 2.99. The van der Waals surface area contributed by atoms with Crippen LogP contribution < -0.4 is 5.73 Å². The third-order valence-corrected chi connectivity index (χ3v) is 3.78. The molecule has 84 valence electrons. The molecule has 0 saturated heterocycles. The molecule has 2 aromatic heterocycles. The molecule has 2 N–H and O–H groups in total. The molecule has 0 radical (unpaired) electrons. The van der Waals surface area contributed by atoms with Crippen LogP contribution in [0.3, 0.4) is 0 Å². The van der Waals surface area contributed by atoms with E-state index < -0.39 is 0 Å². The molecule has 0 bridgehead atoms. The highest BCUT2D eigenvalue weighted by Gasteiger charge is 2.45. The molecular weight excluding hydrogens is 198 g/mol. The van der Waals surface area contributed by atoms with Gasteiger partial charge in [0.25, 0.3) is 0 Å². The maximum absolute atomic E-state index is 5.72. The lowest BCUT2D eigenvalue weighted by Crippen LogP contribution is -2.13. The lowest BCUT2D eigenvalue weighted by molar-refractivity contribution is 0.631. The Bertz CT molecular complexity index is 523. The Balaban J connectivity index is 2.17. The van der Waals surface area contributed by atoms with Gasteiger partial charge in [0.1, 0.15) is 5.65 Å². The van der Waals surface area contributed by atoms with Crippen molar-refractivity contribution in [3.8, 4) is 0 Å². The van der Waals surface area contributed by atoms with Crippen LogP contribution in [0.4, 0.5) is 0 Å². The summed E-state index contributed by atoms with van der Waals surface area (Å²) in [7, 11) is 2.07. The van der Waals surface area contributed by atoms with Crippen molar-refractivity contribution in [2.45, 2.75) is 24.7 Å². The first-order chi connectivity index (χ1) is 7.77. The van der Waals surface area contributed by atoms with Gasteiger partial charge in [-0.1, -0.05) is 0 Å². The number of hydrogen-bond acceptors (Lipinski definition) is 2. The third kappa shape index (κ3) is 1.28. The van der Waals surface area contributed by atoms with E-state index >= 15 is 0 Å². The molecule has 1 saturated carbocycles. The first-order valence-corrected chi connectivity index (χ1v) is 5.87. The van der Waals surface area contributed by atoms with Crippen LogP contribution >= 0.6 is 0 Å². The van der Waals surface area contributed by atoms with E-state index in [9.17, 15) is 0 Å². The Morgan fingerprint density at radius 1 is 1.50 bits per heavy atom. The summed E-state index contributed by atoms with van der Waals surface area (Å²) in [5.41, 5.74) is 8.61. The molecule has 1 fully saturated rings. The summed E-state index contributed by atoms with van der Waals surface area (Å²) in [6.45, 7) is 0.774. The van der Waals surface area contributed by atoms with Crippen molar-refractivity contribution in [3.05, 3.63) is 30.1 Å². The van der Waals surface area contributed by atoms with Crippen molar-refractivity contribution in [2.75, 3.05) is 6.54 Å². The molecule has 3 nitrogen and oxygen atoms in total. The van der Waals surface area contributed by atoms with Gasteiger partial charge >= 0.3 is 0 Å². The second-order valence-corrected chi connectivity index (χ2v) is 4.85. The second kappa shape index (κ2) is 3.32. The van der Waals surface area contributed by atoms with Crippen molar-refractivity contribution < 1.29 is 0 Å². The molecule has 0 aliphatic heterocycles. The first kappa shape index (κ1) is 9.85. The summed E-state index contributed by atoms with van der Waals surface area (Å²) in [4.78, 5) is 4.43. The van der Waals surface area contributed by atoms with Gasteiger partial charge in [-0.25, -0.2) is 4.98 Å². The van der Waals surface area contributed by atoms with Crippen molar-refractivity contribution in [3.63, 3.8) is 0 Å². The molecule has 0 unspecified atom stereocenters. The van der Waals surface area contributed by atoms with E-state index in [0.29, 0.717) is 5.41 Å². The minimum Gasteiger partial charge on any atom is -0.335 e. The van der Waals surface area contributed by atoms with Gasteiger partial charge < -0.3 is 10.3 Å². The average molecular weight is 215 g/mol. The number of rotatable bonds is 3. The number of aryl methyl sites for hydroxylation is 1. The van der Waals surface area contributed by atoms with E-state index in [1.54, 1.807) is 0 Å². The van der Waals surface area contributed by atoms with Crippen LogP contribution in [0.1, 0.15) is 24.8 Å². The molecule has 0 atom stereocenters. The highest BCUT2D eigenvalue weighted by atomic mass is 15.0. The van der Waals surface area contributed by atoms with Crippen molar-refractivity contribution in [1.29, 1.82) is 0 Å². The summed E-state index contributed by atoms with van der Waals surface area (Å²) in [5.74, 6) is 0. The molecule has 3 heteroatoms. The van der Waals surface area contributed by atoms with E-state index in [1.807, 2.05) is 12.3 Å². The molecule has 0 spiro atoms.